The van der Waals surface area contributed by atoms with E-state index in [4.69, 9.17) is 10.2 Å². The van der Waals surface area contributed by atoms with Crippen LogP contribution in [0.15, 0.2) is 12.2 Å². The fourth-order valence-corrected chi connectivity index (χ4v) is 2.10. The van der Waals surface area contributed by atoms with Gasteiger partial charge in [-0.1, -0.05) is 6.58 Å². The summed E-state index contributed by atoms with van der Waals surface area (Å²) in [5.74, 6) is -6.45. The Balaban J connectivity index is 2.77. The van der Waals surface area contributed by atoms with Crippen LogP contribution in [-0.2, 0) is 19.1 Å². The average Bonchev–Trinajstić information content (AvgIpc) is 2.36. The Hall–Kier alpha value is -2.06. The maximum absolute atomic E-state index is 12.3. The quantitative estimate of drug-likeness (QED) is 0.604. The van der Waals surface area contributed by atoms with Crippen LogP contribution in [0.4, 0.5) is 13.2 Å². The van der Waals surface area contributed by atoms with Crippen molar-refractivity contribution in [1.82, 2.24) is 0 Å². The van der Waals surface area contributed by atoms with E-state index in [1.807, 2.05) is 0 Å². The predicted molar refractivity (Wildman–Crippen MR) is 61.2 cm³/mol. The third-order valence-electron chi connectivity index (χ3n) is 3.22. The zero-order chi connectivity index (χ0) is 16.4. The van der Waals surface area contributed by atoms with Crippen LogP contribution in [-0.4, -0.2) is 40.4 Å². The summed E-state index contributed by atoms with van der Waals surface area (Å²) in [4.78, 5) is 33.1. The number of carbonyl (C=O) groups is 3. The fraction of sp³-hybridized carbons (Fsp3) is 0.583. The number of halogens is 3. The largest absolute Gasteiger partial charge is 0.481 e. The van der Waals surface area contributed by atoms with E-state index in [9.17, 15) is 27.6 Å². The van der Waals surface area contributed by atoms with Gasteiger partial charge in [-0.05, 0) is 19.3 Å². The van der Waals surface area contributed by atoms with Gasteiger partial charge in [-0.15, -0.1) is 0 Å². The first-order chi connectivity index (χ1) is 9.52. The van der Waals surface area contributed by atoms with Gasteiger partial charge in [0.1, 0.15) is 11.7 Å². The molecule has 118 valence electrons. The molecule has 9 heteroatoms. The maximum atomic E-state index is 12.3. The smallest absolute Gasteiger partial charge is 0.422 e. The van der Waals surface area contributed by atoms with Crippen molar-refractivity contribution in [2.45, 2.75) is 31.5 Å². The van der Waals surface area contributed by atoms with E-state index in [1.165, 1.54) is 0 Å². The van der Waals surface area contributed by atoms with Gasteiger partial charge >= 0.3 is 24.1 Å². The van der Waals surface area contributed by atoms with Crippen LogP contribution in [0, 0.1) is 11.8 Å². The zero-order valence-electron chi connectivity index (χ0n) is 10.7. The molecular formula is C12H13F3O6. The van der Waals surface area contributed by atoms with E-state index in [1.54, 1.807) is 0 Å². The first-order valence-electron chi connectivity index (χ1n) is 5.95. The van der Waals surface area contributed by atoms with Gasteiger partial charge < -0.3 is 14.9 Å². The molecule has 0 spiro atoms. The third kappa shape index (κ3) is 4.47. The molecule has 1 saturated carbocycles. The lowest BCUT2D eigenvalue weighted by Crippen LogP contribution is -2.37. The second kappa shape index (κ2) is 6.15. The van der Waals surface area contributed by atoms with Gasteiger partial charge in [0.2, 0.25) is 0 Å². The van der Waals surface area contributed by atoms with Crippen LogP contribution in [0.25, 0.3) is 0 Å². The van der Waals surface area contributed by atoms with Gasteiger partial charge in [-0.3, -0.25) is 9.59 Å². The standard InChI is InChI=1S/C12H13F3O6/c1-5(12(13,14)15)11(20)21-8-3-6(9(16)17)2-7(4-8)10(18)19/h6-8H,1-4H2,(H,16,17)(H,18,19). The summed E-state index contributed by atoms with van der Waals surface area (Å²) in [6.07, 6.45) is -6.76. The SMILES string of the molecule is C=C(C(=O)OC1CC(C(=O)O)CC(C(=O)O)C1)C(F)(F)F. The highest BCUT2D eigenvalue weighted by Crippen LogP contribution is 2.33. The molecule has 6 nitrogen and oxygen atoms in total. The molecule has 0 radical (unpaired) electrons. The summed E-state index contributed by atoms with van der Waals surface area (Å²) < 4.78 is 41.4. The summed E-state index contributed by atoms with van der Waals surface area (Å²) >= 11 is 0. The number of rotatable bonds is 4. The number of carboxylic acid groups (broad SMARTS) is 2. The van der Waals surface area contributed by atoms with Crippen LogP contribution in [0.3, 0.4) is 0 Å². The van der Waals surface area contributed by atoms with Crippen LogP contribution in [0.5, 0.6) is 0 Å². The Kier molecular flexibility index (Phi) is 4.97. The summed E-state index contributed by atoms with van der Waals surface area (Å²) in [5.41, 5.74) is -1.72. The number of hydrogen-bond donors (Lipinski definition) is 2. The molecule has 1 aliphatic carbocycles. The number of carbonyl (C=O) groups excluding carboxylic acids is 1. The van der Waals surface area contributed by atoms with E-state index in [0.717, 1.165) is 0 Å². The topological polar surface area (TPSA) is 101 Å². The molecule has 0 aromatic rings. The highest BCUT2D eigenvalue weighted by molar-refractivity contribution is 5.89. The molecule has 0 heterocycles. The van der Waals surface area contributed by atoms with Gasteiger partial charge in [-0.2, -0.15) is 13.2 Å². The van der Waals surface area contributed by atoms with E-state index in [2.05, 4.69) is 11.3 Å². The number of aliphatic carboxylic acids is 2. The van der Waals surface area contributed by atoms with Gasteiger partial charge in [0.15, 0.2) is 0 Å². The Bertz CT molecular complexity index is 448. The molecule has 21 heavy (non-hydrogen) atoms. The minimum Gasteiger partial charge on any atom is -0.481 e. The summed E-state index contributed by atoms with van der Waals surface area (Å²) in [7, 11) is 0. The molecule has 1 rings (SSSR count). The Morgan fingerprint density at radius 2 is 1.43 bits per heavy atom. The molecule has 0 bridgehead atoms. The molecule has 1 fully saturated rings. The van der Waals surface area contributed by atoms with E-state index in [-0.39, 0.29) is 19.3 Å². The van der Waals surface area contributed by atoms with Crippen molar-refractivity contribution in [2.24, 2.45) is 11.8 Å². The second-order valence-corrected chi connectivity index (χ2v) is 4.78. The lowest BCUT2D eigenvalue weighted by Gasteiger charge is -2.30. The first-order valence-corrected chi connectivity index (χ1v) is 5.95. The summed E-state index contributed by atoms with van der Waals surface area (Å²) in [5, 5.41) is 17.8. The predicted octanol–water partition coefficient (Wildman–Crippen LogP) is 1.60. The lowest BCUT2D eigenvalue weighted by molar-refractivity contribution is -0.165. The fourth-order valence-electron chi connectivity index (χ4n) is 2.10. The maximum Gasteiger partial charge on any atom is 0.422 e. The molecule has 0 saturated heterocycles. The van der Waals surface area contributed by atoms with Crippen molar-refractivity contribution < 1.29 is 42.5 Å². The normalized spacial score (nSPS) is 26.0. The number of ether oxygens (including phenoxy) is 1. The van der Waals surface area contributed by atoms with Crippen molar-refractivity contribution in [2.75, 3.05) is 0 Å². The summed E-state index contributed by atoms with van der Waals surface area (Å²) in [6, 6.07) is 0. The van der Waals surface area contributed by atoms with Crippen LogP contribution < -0.4 is 0 Å². The number of carboxylic acids is 2. The number of hydrogen-bond acceptors (Lipinski definition) is 4. The molecule has 2 atom stereocenters. The minimum atomic E-state index is -4.95. The molecule has 0 aromatic carbocycles. The van der Waals surface area contributed by atoms with Crippen molar-refractivity contribution in [3.8, 4) is 0 Å². The molecule has 0 amide bonds. The number of esters is 1. The van der Waals surface area contributed by atoms with E-state index >= 15 is 0 Å². The Labute approximate surface area is 117 Å². The van der Waals surface area contributed by atoms with Crippen molar-refractivity contribution in [3.05, 3.63) is 12.2 Å². The zero-order valence-corrected chi connectivity index (χ0v) is 10.7. The molecule has 0 aliphatic heterocycles. The highest BCUT2D eigenvalue weighted by Gasteiger charge is 2.42. The Morgan fingerprint density at radius 3 is 1.76 bits per heavy atom. The van der Waals surface area contributed by atoms with Crippen LogP contribution in [0.1, 0.15) is 19.3 Å². The first kappa shape index (κ1) is 17.0. The van der Waals surface area contributed by atoms with Crippen molar-refractivity contribution in [3.63, 3.8) is 0 Å². The lowest BCUT2D eigenvalue weighted by atomic mass is 9.79. The van der Waals surface area contributed by atoms with Gasteiger partial charge in [0.05, 0.1) is 11.8 Å². The Morgan fingerprint density at radius 1 is 1.00 bits per heavy atom. The van der Waals surface area contributed by atoms with Crippen LogP contribution in [0.2, 0.25) is 0 Å². The highest BCUT2D eigenvalue weighted by atomic mass is 19.4. The number of alkyl halides is 3. The van der Waals surface area contributed by atoms with Crippen molar-refractivity contribution >= 4 is 17.9 Å². The van der Waals surface area contributed by atoms with E-state index in [0.29, 0.717) is 0 Å². The van der Waals surface area contributed by atoms with Crippen LogP contribution >= 0.6 is 0 Å². The van der Waals surface area contributed by atoms with Gasteiger partial charge in [0, 0.05) is 0 Å². The monoisotopic (exact) mass is 310 g/mol. The van der Waals surface area contributed by atoms with Gasteiger partial charge in [-0.25, -0.2) is 4.79 Å². The second-order valence-electron chi connectivity index (χ2n) is 4.78. The third-order valence-corrected chi connectivity index (χ3v) is 3.22. The minimum absolute atomic E-state index is 0.154. The summed E-state index contributed by atoms with van der Waals surface area (Å²) in [6.45, 7) is 2.57. The molecular weight excluding hydrogens is 297 g/mol. The van der Waals surface area contributed by atoms with Crippen molar-refractivity contribution in [1.29, 1.82) is 0 Å². The average molecular weight is 310 g/mol. The van der Waals surface area contributed by atoms with Gasteiger partial charge in [0.25, 0.3) is 0 Å². The van der Waals surface area contributed by atoms with E-state index < -0.39 is 47.6 Å². The molecule has 2 N–H and O–H groups in total. The molecule has 2 unspecified atom stereocenters. The molecule has 1 aliphatic rings. The molecule has 0 aromatic heterocycles.